The van der Waals surface area contributed by atoms with Gasteiger partial charge in [-0.15, -0.1) is 0 Å². The molecule has 0 radical (unpaired) electrons. The zero-order valence-electron chi connectivity index (χ0n) is 32.5. The van der Waals surface area contributed by atoms with Crippen molar-refractivity contribution in [2.45, 2.75) is 18.9 Å². The number of rotatable bonds is 2. The normalized spacial score (nSPS) is 29.3. The molecule has 0 nitrogen and oxygen atoms in total. The molecule has 0 saturated carbocycles. The molecule has 26 heavy (non-hydrogen) atoms. The second-order valence-electron chi connectivity index (χ2n) is 5.75. The Kier molecular flexibility index (Phi) is 1.25. The minimum absolute atomic E-state index is 0.289. The zero-order chi connectivity index (χ0) is 34.2. The van der Waals surface area contributed by atoms with Crippen LogP contribution in [0.5, 0.6) is 0 Å². The molecule has 0 spiro atoms. The maximum atomic E-state index is 9.76. The molecule has 1 aliphatic heterocycles. The van der Waals surface area contributed by atoms with Gasteiger partial charge in [-0.3, -0.25) is 0 Å². The molecule has 1 heterocycles. The number of hydrogen-bond acceptors (Lipinski definition) is 0. The highest BCUT2D eigenvalue weighted by molar-refractivity contribution is 7.01. The van der Waals surface area contributed by atoms with E-state index in [1.807, 2.05) is 0 Å². The highest BCUT2D eigenvalue weighted by Gasteiger charge is 2.41. The maximum Gasteiger partial charge on any atom is 0.126 e. The van der Waals surface area contributed by atoms with Crippen LogP contribution in [0.4, 0.5) is 0 Å². The highest BCUT2D eigenvalue weighted by atomic mass is 28.3. The molecule has 1 aliphatic rings. The summed E-state index contributed by atoms with van der Waals surface area (Å²) in [5.74, 6) is -6.77. The molecule has 1 heteroatoms. The van der Waals surface area contributed by atoms with Crippen LogP contribution in [0.3, 0.4) is 0 Å². The summed E-state index contributed by atoms with van der Waals surface area (Å²) in [7, 11) is -5.95. The molecule has 0 aromatic heterocycles. The molecule has 4 aromatic carbocycles. The van der Waals surface area contributed by atoms with Gasteiger partial charge in [0.05, 0.1) is 20.6 Å². The first-order valence-electron chi connectivity index (χ1n) is 17.2. The summed E-state index contributed by atoms with van der Waals surface area (Å²) < 4.78 is 167. The first-order valence-corrected chi connectivity index (χ1v) is 9.75. The Morgan fingerprint density at radius 3 is 2.04 bits per heavy atom. The zero-order valence-corrected chi connectivity index (χ0v) is 14.5. The quantitative estimate of drug-likeness (QED) is 0.453. The van der Waals surface area contributed by atoms with E-state index in [1.165, 1.54) is 6.92 Å². The van der Waals surface area contributed by atoms with Crippen molar-refractivity contribution in [1.82, 2.24) is 0 Å². The minimum atomic E-state index is -5.95. The Labute approximate surface area is 182 Å². The molecule has 0 bridgehead atoms. The molecule has 0 fully saturated rings. The average molecular weight is 370 g/mol. The summed E-state index contributed by atoms with van der Waals surface area (Å²) in [6, 6.07) is -14.2. The highest BCUT2D eigenvalue weighted by Crippen LogP contribution is 2.35. The summed E-state index contributed by atoms with van der Waals surface area (Å²) in [5.41, 5.74) is -1.68. The molecule has 0 atom stereocenters. The van der Waals surface area contributed by atoms with E-state index in [-0.39, 0.29) is 5.56 Å². The van der Waals surface area contributed by atoms with Crippen molar-refractivity contribution in [2.75, 3.05) is 0 Å². The Balaban J connectivity index is 2.30. The topological polar surface area (TPSA) is 0 Å². The largest absolute Gasteiger partial charge is 0.126 e. The molecule has 0 amide bonds. The standard InChI is InChI=1S/C25H22Si/c1-19-15-16-20-9-8-10-21-17-26(18-24(19)25(20)21,22-11-4-2-5-12-22)23-13-6-3-7-14-23/h2-16H,17-18H2,1H3/i2D,3D,4D,5D,6D,7D,8D,9D,10D,11D,12D,13D,14D,15D,16D,17D2,18D2. The minimum Gasteiger partial charge on any atom is -0.0626 e. The van der Waals surface area contributed by atoms with Crippen LogP contribution in [0, 0.1) is 6.92 Å². The fourth-order valence-corrected chi connectivity index (χ4v) is 6.12. The van der Waals surface area contributed by atoms with Gasteiger partial charge in [-0.2, -0.15) is 0 Å². The van der Waals surface area contributed by atoms with Crippen LogP contribution in [0.2, 0.25) is 0 Å². The van der Waals surface area contributed by atoms with E-state index in [0.717, 1.165) is 0 Å². The smallest absolute Gasteiger partial charge is 0.0626 e. The van der Waals surface area contributed by atoms with Gasteiger partial charge in [0, 0.05) is 5.48 Å². The lowest BCUT2D eigenvalue weighted by molar-refractivity contribution is 1.19. The molecular weight excluding hydrogens is 328 g/mol. The molecule has 5 rings (SSSR count). The van der Waals surface area contributed by atoms with Gasteiger partial charge < -0.3 is 0 Å². The van der Waals surface area contributed by atoms with Gasteiger partial charge in [0.1, 0.15) is 8.07 Å². The summed E-state index contributed by atoms with van der Waals surface area (Å²) in [6.45, 7) is 1.21. The van der Waals surface area contributed by atoms with Crippen molar-refractivity contribution in [3.63, 3.8) is 0 Å². The third-order valence-corrected chi connectivity index (χ3v) is 7.50. The van der Waals surface area contributed by atoms with Gasteiger partial charge >= 0.3 is 0 Å². The van der Waals surface area contributed by atoms with Crippen LogP contribution >= 0.6 is 0 Å². The second-order valence-corrected chi connectivity index (χ2v) is 8.75. The lowest BCUT2D eigenvalue weighted by atomic mass is 9.97. The SMILES string of the molecule is [2H]c1c([2H])c([2H])c([Si]2(c3c([2H])c([2H])c([2H])c([2H])c3[2H])C([2H])([2H])c3c([2H])c([2H])c([2H])c4c([2H])c([2H])c(C)c(c34)C2([2H])[2H])c([2H])c1[2H]. The van der Waals surface area contributed by atoms with Crippen LogP contribution in [-0.2, 0) is 12.0 Å². The van der Waals surface area contributed by atoms with Crippen LogP contribution in [0.25, 0.3) is 10.8 Å². The van der Waals surface area contributed by atoms with Gasteiger partial charge in [-0.1, -0.05) is 101 Å². The van der Waals surface area contributed by atoms with Gasteiger partial charge in [-0.05, 0) is 46.4 Å². The van der Waals surface area contributed by atoms with Crippen molar-refractivity contribution < 1.29 is 26.0 Å². The first kappa shape index (κ1) is 5.43. The van der Waals surface area contributed by atoms with E-state index in [2.05, 4.69) is 0 Å². The fraction of sp³-hybridized carbons (Fsp3) is 0.120. The molecule has 0 N–H and O–H groups in total. The maximum absolute atomic E-state index is 9.76. The van der Waals surface area contributed by atoms with Crippen molar-refractivity contribution >= 4 is 29.2 Å². The van der Waals surface area contributed by atoms with E-state index in [4.69, 9.17) is 20.6 Å². The van der Waals surface area contributed by atoms with Gasteiger partial charge in [-0.25, -0.2) is 0 Å². The summed E-state index contributed by atoms with van der Waals surface area (Å²) in [6.07, 6.45) is 0. The molecule has 0 aliphatic carbocycles. The second kappa shape index (κ2) is 5.96. The van der Waals surface area contributed by atoms with E-state index in [0.29, 0.717) is 0 Å². The summed E-state index contributed by atoms with van der Waals surface area (Å²) >= 11 is 0. The summed E-state index contributed by atoms with van der Waals surface area (Å²) in [4.78, 5) is 0. The molecular formula is C25H22Si. The average Bonchev–Trinajstić information content (AvgIpc) is 2.96. The molecule has 0 unspecified atom stereocenters. The van der Waals surface area contributed by atoms with E-state index in [9.17, 15) is 5.48 Å². The third-order valence-electron chi connectivity index (χ3n) is 4.25. The predicted molar refractivity (Wildman–Crippen MR) is 114 cm³/mol. The van der Waals surface area contributed by atoms with Gasteiger partial charge in [0.2, 0.25) is 0 Å². The van der Waals surface area contributed by atoms with E-state index >= 15 is 0 Å². The van der Waals surface area contributed by atoms with Crippen LogP contribution < -0.4 is 10.4 Å². The lowest BCUT2D eigenvalue weighted by Crippen LogP contribution is -2.63. The fourth-order valence-electron chi connectivity index (χ4n) is 3.06. The van der Waals surface area contributed by atoms with Crippen molar-refractivity contribution in [3.05, 3.63) is 107 Å². The Morgan fingerprint density at radius 1 is 0.731 bits per heavy atom. The Morgan fingerprint density at radius 2 is 1.38 bits per heavy atom. The third kappa shape index (κ3) is 2.28. The van der Waals surface area contributed by atoms with Crippen LogP contribution in [0.1, 0.15) is 42.7 Å². The van der Waals surface area contributed by atoms with Gasteiger partial charge in [0.25, 0.3) is 0 Å². The van der Waals surface area contributed by atoms with Crippen molar-refractivity contribution in [2.24, 2.45) is 0 Å². The van der Waals surface area contributed by atoms with Crippen LogP contribution in [-0.4, -0.2) is 8.07 Å². The number of benzene rings is 4. The summed E-state index contributed by atoms with van der Waals surface area (Å²) in [5, 5.41) is -2.98. The number of hydrogen-bond donors (Lipinski definition) is 0. The Bertz CT molecular complexity index is 1830. The van der Waals surface area contributed by atoms with Crippen LogP contribution in [0.15, 0.2) is 90.6 Å². The van der Waals surface area contributed by atoms with Gasteiger partial charge in [0.15, 0.2) is 0 Å². The first-order chi connectivity index (χ1) is 20.6. The van der Waals surface area contributed by atoms with E-state index in [1.54, 1.807) is 0 Å². The van der Waals surface area contributed by atoms with Crippen molar-refractivity contribution in [3.8, 4) is 0 Å². The molecule has 126 valence electrons. The van der Waals surface area contributed by atoms with Crippen molar-refractivity contribution in [1.29, 1.82) is 0 Å². The predicted octanol–water partition coefficient (Wildman–Crippen LogP) is 4.59. The lowest BCUT2D eigenvalue weighted by Gasteiger charge is -2.38. The monoisotopic (exact) mass is 369 g/mol. The molecule has 4 aromatic rings. The Hall–Kier alpha value is -2.64. The molecule has 0 saturated heterocycles. The van der Waals surface area contributed by atoms with E-state index < -0.39 is 143 Å².